The summed E-state index contributed by atoms with van der Waals surface area (Å²) in [4.78, 5) is 56.3. The molecule has 3 aromatic carbocycles. The third kappa shape index (κ3) is 8.73. The van der Waals surface area contributed by atoms with Crippen molar-refractivity contribution >= 4 is 46.7 Å². The number of rotatable bonds is 7. The zero-order chi connectivity index (χ0) is 38.6. The quantitative estimate of drug-likeness (QED) is 0.151. The lowest BCUT2D eigenvalue weighted by molar-refractivity contribution is 0.00681. The highest BCUT2D eigenvalue weighted by molar-refractivity contribution is 6.34. The molecule has 5 aromatic rings. The van der Waals surface area contributed by atoms with E-state index < -0.39 is 29.4 Å². The van der Waals surface area contributed by atoms with Crippen molar-refractivity contribution in [1.29, 1.82) is 0 Å². The van der Waals surface area contributed by atoms with E-state index in [-0.39, 0.29) is 28.6 Å². The molecule has 2 aromatic heterocycles. The lowest BCUT2D eigenvalue weighted by atomic mass is 9.97. The highest BCUT2D eigenvalue weighted by Crippen LogP contribution is 2.35. The molecule has 12 nitrogen and oxygen atoms in total. The molecule has 0 aliphatic heterocycles. The predicted octanol–water partition coefficient (Wildman–Crippen LogP) is 6.86. The summed E-state index contributed by atoms with van der Waals surface area (Å²) in [7, 11) is 1.19. The molecule has 0 unspecified atom stereocenters. The Bertz CT molecular complexity index is 2220. The maximum Gasteiger partial charge on any atom is 0.356 e. The molecule has 0 spiro atoms. The minimum absolute atomic E-state index is 0.0118. The number of methoxy groups -OCH3 is 1. The van der Waals surface area contributed by atoms with E-state index in [1.165, 1.54) is 40.6 Å². The van der Waals surface area contributed by atoms with Crippen LogP contribution in [0.15, 0.2) is 66.9 Å². The van der Waals surface area contributed by atoms with E-state index in [1.54, 1.807) is 30.3 Å². The maximum absolute atomic E-state index is 13.7. The van der Waals surface area contributed by atoms with Gasteiger partial charge in [0.05, 0.1) is 35.6 Å². The van der Waals surface area contributed by atoms with E-state index in [4.69, 9.17) is 26.8 Å². The average Bonchev–Trinajstić information content (AvgIpc) is 3.74. The van der Waals surface area contributed by atoms with Crippen molar-refractivity contribution in [3.8, 4) is 0 Å². The first-order valence-electron chi connectivity index (χ1n) is 17.1. The van der Waals surface area contributed by atoms with E-state index >= 15 is 0 Å². The van der Waals surface area contributed by atoms with Crippen LogP contribution < -0.4 is 16.4 Å². The molecule has 1 atom stereocenters. The molecular weight excluding hydrogens is 696 g/mol. The fraction of sp³-hybridized carbons (Fsp3) is 0.300. The lowest BCUT2D eigenvalue weighted by Gasteiger charge is -2.21. The fourth-order valence-corrected chi connectivity index (χ4v) is 6.18. The van der Waals surface area contributed by atoms with Gasteiger partial charge in [0.15, 0.2) is 11.3 Å². The molecule has 0 bridgehead atoms. The molecule has 4 N–H and O–H groups in total. The first kappa shape index (κ1) is 38.6. The first-order valence-corrected chi connectivity index (χ1v) is 17.4. The molecule has 53 heavy (non-hydrogen) atoms. The number of nitrogens with two attached hydrogens (primary N) is 1. The van der Waals surface area contributed by atoms with Crippen molar-refractivity contribution in [2.75, 3.05) is 12.4 Å². The van der Waals surface area contributed by atoms with E-state index in [1.807, 2.05) is 33.8 Å². The van der Waals surface area contributed by atoms with Gasteiger partial charge in [-0.15, -0.1) is 0 Å². The molecular formula is C40H43ClN6O6. The summed E-state index contributed by atoms with van der Waals surface area (Å²) in [5.74, 6) is -2.30. The molecule has 0 saturated heterocycles. The number of ether oxygens (including phenoxy) is 2. The zero-order valence-corrected chi connectivity index (χ0v) is 31.6. The van der Waals surface area contributed by atoms with Crippen molar-refractivity contribution in [3.63, 3.8) is 0 Å². The normalized spacial score (nSPS) is 13.4. The fourth-order valence-electron chi connectivity index (χ4n) is 5.99. The van der Waals surface area contributed by atoms with Crippen LogP contribution in [0.25, 0.3) is 5.65 Å². The minimum Gasteiger partial charge on any atom is -0.464 e. The Morgan fingerprint density at radius 1 is 0.943 bits per heavy atom. The Balaban J connectivity index is 0.000000469. The maximum atomic E-state index is 13.7. The molecule has 0 saturated carbocycles. The lowest BCUT2D eigenvalue weighted by Crippen LogP contribution is -2.30. The SMILES string of the molecule is COC(=O)c1cc(C(=O)N[C@H]2CCc3c2ccc(C(=O)OC(C)(C)C)c3C)n2ncc(C(=O)Nc3ccccc3Cl)c2n1.Cc1ccc(CN)cc1C. The topological polar surface area (TPSA) is 167 Å². The van der Waals surface area contributed by atoms with Gasteiger partial charge in [0.25, 0.3) is 11.8 Å². The highest BCUT2D eigenvalue weighted by atomic mass is 35.5. The number of anilines is 1. The van der Waals surface area contributed by atoms with Gasteiger partial charge >= 0.3 is 11.9 Å². The van der Waals surface area contributed by atoms with Gasteiger partial charge in [0, 0.05) is 12.6 Å². The first-order chi connectivity index (χ1) is 25.1. The summed E-state index contributed by atoms with van der Waals surface area (Å²) < 4.78 is 11.6. The molecule has 1 aliphatic rings. The van der Waals surface area contributed by atoms with Crippen molar-refractivity contribution in [2.45, 2.75) is 72.6 Å². The van der Waals surface area contributed by atoms with Crippen molar-refractivity contribution in [2.24, 2.45) is 5.73 Å². The number of nitrogens with zero attached hydrogens (tertiary/aromatic N) is 3. The second kappa shape index (κ2) is 16.0. The number of esters is 2. The Kier molecular flexibility index (Phi) is 11.6. The van der Waals surface area contributed by atoms with Crippen molar-refractivity contribution < 1.29 is 28.7 Å². The zero-order valence-electron chi connectivity index (χ0n) is 30.8. The van der Waals surface area contributed by atoms with E-state index in [9.17, 15) is 19.2 Å². The number of para-hydroxylation sites is 1. The number of nitrogens with one attached hydrogen (secondary N) is 2. The number of hydrogen-bond acceptors (Lipinski definition) is 9. The van der Waals surface area contributed by atoms with E-state index in [0.717, 1.165) is 16.7 Å². The average molecular weight is 739 g/mol. The number of halogens is 1. The smallest absolute Gasteiger partial charge is 0.356 e. The number of aryl methyl sites for hydroxylation is 2. The standard InChI is InChI=1S/C31H30ClN5O6.C9H13N/c1-16-17-12-13-22(19(17)11-10-18(16)29(40)43-31(2,3)4)35-28(39)25-14-24(30(41)42-5)34-26-20(15-33-37(25)26)27(38)36-23-9-7-6-8-21(23)32;1-7-3-4-9(6-10)5-8(7)2/h6-11,14-15,22H,12-13H2,1-5H3,(H,35,39)(H,36,38);3-5H,6,10H2,1-2H3/t22-;/m0./s1. The largest absolute Gasteiger partial charge is 0.464 e. The highest BCUT2D eigenvalue weighted by Gasteiger charge is 2.31. The van der Waals surface area contributed by atoms with Gasteiger partial charge in [-0.3, -0.25) is 9.59 Å². The van der Waals surface area contributed by atoms with Crippen LogP contribution in [0, 0.1) is 20.8 Å². The van der Waals surface area contributed by atoms with Gasteiger partial charge in [-0.05, 0) is 106 Å². The van der Waals surface area contributed by atoms with Crippen LogP contribution in [0.2, 0.25) is 5.02 Å². The van der Waals surface area contributed by atoms with Crippen LogP contribution in [-0.2, 0) is 22.4 Å². The Hall–Kier alpha value is -5.59. The van der Waals surface area contributed by atoms with Gasteiger partial charge in [-0.1, -0.05) is 48.0 Å². The van der Waals surface area contributed by atoms with Gasteiger partial charge in [-0.25, -0.2) is 19.1 Å². The number of hydrogen-bond donors (Lipinski definition) is 3. The van der Waals surface area contributed by atoms with E-state index in [0.29, 0.717) is 35.7 Å². The van der Waals surface area contributed by atoms with Crippen LogP contribution in [0.4, 0.5) is 5.69 Å². The number of fused-ring (bicyclic) bond motifs is 2. The second-order valence-corrected chi connectivity index (χ2v) is 14.1. The van der Waals surface area contributed by atoms with Crippen molar-refractivity contribution in [3.05, 3.63) is 128 Å². The van der Waals surface area contributed by atoms with E-state index in [2.05, 4.69) is 52.8 Å². The number of carbonyl (C=O) groups excluding carboxylic acids is 4. The Morgan fingerprint density at radius 3 is 2.34 bits per heavy atom. The minimum atomic E-state index is -0.785. The van der Waals surface area contributed by atoms with Crippen LogP contribution in [0.1, 0.15) is 108 Å². The monoisotopic (exact) mass is 738 g/mol. The van der Waals surface area contributed by atoms with Gasteiger partial charge in [-0.2, -0.15) is 5.10 Å². The number of amides is 2. The second-order valence-electron chi connectivity index (χ2n) is 13.7. The van der Waals surface area contributed by atoms with Gasteiger partial charge in [0.1, 0.15) is 16.9 Å². The summed E-state index contributed by atoms with van der Waals surface area (Å²) in [5, 5.41) is 10.3. The van der Waals surface area contributed by atoms with Gasteiger partial charge < -0.3 is 25.8 Å². The third-order valence-corrected chi connectivity index (χ3v) is 9.22. The van der Waals surface area contributed by atoms with Crippen LogP contribution in [-0.4, -0.2) is 51.1 Å². The third-order valence-electron chi connectivity index (χ3n) is 8.89. The predicted molar refractivity (Wildman–Crippen MR) is 202 cm³/mol. The molecule has 13 heteroatoms. The van der Waals surface area contributed by atoms with Crippen molar-refractivity contribution in [1.82, 2.24) is 19.9 Å². The molecule has 2 amide bonds. The Morgan fingerprint density at radius 2 is 1.68 bits per heavy atom. The number of carbonyl (C=O) groups is 4. The summed E-state index contributed by atoms with van der Waals surface area (Å²) in [6.07, 6.45) is 2.51. The molecule has 1 aliphatic carbocycles. The molecule has 2 heterocycles. The van der Waals surface area contributed by atoms with Crippen LogP contribution >= 0.6 is 11.6 Å². The summed E-state index contributed by atoms with van der Waals surface area (Å²) in [5.41, 5.74) is 12.1. The number of benzene rings is 3. The van der Waals surface area contributed by atoms with Gasteiger partial charge in [0.2, 0.25) is 0 Å². The van der Waals surface area contributed by atoms with Crippen LogP contribution in [0.5, 0.6) is 0 Å². The molecule has 6 rings (SSSR count). The molecule has 276 valence electrons. The Labute approximate surface area is 313 Å². The molecule has 0 fully saturated rings. The summed E-state index contributed by atoms with van der Waals surface area (Å²) in [6, 6.07) is 17.5. The summed E-state index contributed by atoms with van der Waals surface area (Å²) in [6.45, 7) is 12.2. The number of aromatic nitrogens is 3. The van der Waals surface area contributed by atoms with Crippen LogP contribution in [0.3, 0.4) is 0 Å². The molecule has 0 radical (unpaired) electrons. The summed E-state index contributed by atoms with van der Waals surface area (Å²) >= 11 is 6.19.